The molecule has 0 heterocycles. The molecule has 0 amide bonds. The van der Waals surface area contributed by atoms with Crippen LogP contribution in [0.3, 0.4) is 0 Å². The maximum absolute atomic E-state index is 2.49. The summed E-state index contributed by atoms with van der Waals surface area (Å²) in [6.07, 6.45) is 10.6. The van der Waals surface area contributed by atoms with Crippen molar-refractivity contribution in [2.75, 3.05) is 0 Å². The van der Waals surface area contributed by atoms with Crippen molar-refractivity contribution in [3.8, 4) is 0 Å². The van der Waals surface area contributed by atoms with Gasteiger partial charge in [-0.1, -0.05) is 46.0 Å². The highest BCUT2D eigenvalue weighted by molar-refractivity contribution is 4.90. The van der Waals surface area contributed by atoms with Gasteiger partial charge in [-0.2, -0.15) is 0 Å². The second-order valence-corrected chi connectivity index (χ2v) is 5.53. The van der Waals surface area contributed by atoms with E-state index in [1.54, 1.807) is 0 Å². The third-order valence-electron chi connectivity index (χ3n) is 4.31. The maximum atomic E-state index is 2.49. The zero-order valence-electron chi connectivity index (χ0n) is 8.60. The smallest absolute Gasteiger partial charge is 0.0323 e. The third kappa shape index (κ3) is 1.41. The number of hydrogen-bond acceptors (Lipinski definition) is 0. The fourth-order valence-corrected chi connectivity index (χ4v) is 3.59. The van der Waals surface area contributed by atoms with Crippen molar-refractivity contribution in [2.24, 2.45) is 17.3 Å². The summed E-state index contributed by atoms with van der Waals surface area (Å²) < 4.78 is 0. The van der Waals surface area contributed by atoms with Gasteiger partial charge in [0.1, 0.15) is 0 Å². The van der Waals surface area contributed by atoms with Gasteiger partial charge in [0.2, 0.25) is 0 Å². The van der Waals surface area contributed by atoms with Gasteiger partial charge in [0, 0.05) is 0 Å². The molecule has 0 aromatic carbocycles. The standard InChI is InChI=1S/C12H22/c1-12(2)9-5-8-11(12)10-6-3-4-7-10/h10-11H,3-9H2,1-2H3. The van der Waals surface area contributed by atoms with Crippen LogP contribution >= 0.6 is 0 Å². The van der Waals surface area contributed by atoms with Crippen LogP contribution in [0, 0.1) is 17.3 Å². The van der Waals surface area contributed by atoms with E-state index in [1.807, 2.05) is 0 Å². The zero-order valence-corrected chi connectivity index (χ0v) is 8.60. The number of hydrogen-bond donors (Lipinski definition) is 0. The molecule has 1 unspecified atom stereocenters. The lowest BCUT2D eigenvalue weighted by Crippen LogP contribution is -2.23. The highest BCUT2D eigenvalue weighted by atomic mass is 14.4. The average Bonchev–Trinajstić information content (AvgIpc) is 2.55. The van der Waals surface area contributed by atoms with Crippen LogP contribution in [-0.4, -0.2) is 0 Å². The van der Waals surface area contributed by atoms with E-state index in [0.29, 0.717) is 5.41 Å². The van der Waals surface area contributed by atoms with Crippen LogP contribution in [0.2, 0.25) is 0 Å². The van der Waals surface area contributed by atoms with Gasteiger partial charge in [0.25, 0.3) is 0 Å². The minimum atomic E-state index is 0.676. The van der Waals surface area contributed by atoms with Crippen molar-refractivity contribution >= 4 is 0 Å². The maximum Gasteiger partial charge on any atom is -0.0323 e. The molecule has 2 aliphatic rings. The SMILES string of the molecule is CC1(C)CCCC1C1CCCC1. The molecule has 2 fully saturated rings. The van der Waals surface area contributed by atoms with E-state index in [9.17, 15) is 0 Å². The molecule has 70 valence electrons. The van der Waals surface area contributed by atoms with Crippen molar-refractivity contribution in [3.63, 3.8) is 0 Å². The summed E-state index contributed by atoms with van der Waals surface area (Å²) in [6, 6.07) is 0. The molecule has 0 radical (unpaired) electrons. The summed E-state index contributed by atoms with van der Waals surface area (Å²) in [4.78, 5) is 0. The van der Waals surface area contributed by atoms with Crippen LogP contribution in [0.4, 0.5) is 0 Å². The van der Waals surface area contributed by atoms with Crippen LogP contribution in [0.1, 0.15) is 58.8 Å². The summed E-state index contributed by atoms with van der Waals surface area (Å²) in [5, 5.41) is 0. The van der Waals surface area contributed by atoms with Crippen molar-refractivity contribution in [1.29, 1.82) is 0 Å². The summed E-state index contributed by atoms with van der Waals surface area (Å²) >= 11 is 0. The first-order chi connectivity index (χ1) is 5.70. The summed E-state index contributed by atoms with van der Waals surface area (Å²) in [6.45, 7) is 4.98. The van der Waals surface area contributed by atoms with Gasteiger partial charge < -0.3 is 0 Å². The Hall–Kier alpha value is 0. The van der Waals surface area contributed by atoms with E-state index in [1.165, 1.54) is 44.9 Å². The monoisotopic (exact) mass is 166 g/mol. The fraction of sp³-hybridized carbons (Fsp3) is 1.00. The molecule has 0 nitrogen and oxygen atoms in total. The van der Waals surface area contributed by atoms with Gasteiger partial charge in [0.15, 0.2) is 0 Å². The van der Waals surface area contributed by atoms with Crippen molar-refractivity contribution in [2.45, 2.75) is 58.8 Å². The Balaban J connectivity index is 2.02. The lowest BCUT2D eigenvalue weighted by atomic mass is 9.74. The second kappa shape index (κ2) is 3.05. The first-order valence-corrected chi connectivity index (χ1v) is 5.70. The van der Waals surface area contributed by atoms with Crippen LogP contribution in [-0.2, 0) is 0 Å². The van der Waals surface area contributed by atoms with Crippen LogP contribution < -0.4 is 0 Å². The van der Waals surface area contributed by atoms with Crippen LogP contribution in [0.25, 0.3) is 0 Å². The van der Waals surface area contributed by atoms with E-state index < -0.39 is 0 Å². The molecule has 2 aliphatic carbocycles. The number of rotatable bonds is 1. The lowest BCUT2D eigenvalue weighted by Gasteiger charge is -2.31. The molecule has 0 bridgehead atoms. The van der Waals surface area contributed by atoms with Crippen molar-refractivity contribution < 1.29 is 0 Å². The Morgan fingerprint density at radius 3 is 2.08 bits per heavy atom. The highest BCUT2D eigenvalue weighted by Gasteiger charge is 2.39. The van der Waals surface area contributed by atoms with Gasteiger partial charge >= 0.3 is 0 Å². The Bertz CT molecular complexity index is 151. The molecule has 0 spiro atoms. The predicted molar refractivity (Wildman–Crippen MR) is 53.1 cm³/mol. The first-order valence-electron chi connectivity index (χ1n) is 5.70. The summed E-state index contributed by atoms with van der Waals surface area (Å²) in [5.41, 5.74) is 0.676. The molecule has 0 aromatic rings. The highest BCUT2D eigenvalue weighted by Crippen LogP contribution is 2.50. The third-order valence-corrected chi connectivity index (χ3v) is 4.31. The molecule has 2 saturated carbocycles. The molecule has 2 rings (SSSR count). The van der Waals surface area contributed by atoms with E-state index in [0.717, 1.165) is 11.8 Å². The topological polar surface area (TPSA) is 0 Å². The molecule has 1 atom stereocenters. The summed E-state index contributed by atoms with van der Waals surface area (Å²) in [7, 11) is 0. The van der Waals surface area contributed by atoms with Crippen LogP contribution in [0.5, 0.6) is 0 Å². The van der Waals surface area contributed by atoms with E-state index in [-0.39, 0.29) is 0 Å². The second-order valence-electron chi connectivity index (χ2n) is 5.53. The Labute approximate surface area is 76.7 Å². The molecule has 0 N–H and O–H groups in total. The molecule has 0 aliphatic heterocycles. The van der Waals surface area contributed by atoms with Crippen LogP contribution in [0.15, 0.2) is 0 Å². The molecule has 0 saturated heterocycles. The molecule has 0 aromatic heterocycles. The van der Waals surface area contributed by atoms with E-state index >= 15 is 0 Å². The van der Waals surface area contributed by atoms with E-state index in [4.69, 9.17) is 0 Å². The van der Waals surface area contributed by atoms with E-state index in [2.05, 4.69) is 13.8 Å². The largest absolute Gasteiger partial charge is 0.0596 e. The van der Waals surface area contributed by atoms with Crippen molar-refractivity contribution in [3.05, 3.63) is 0 Å². The first kappa shape index (κ1) is 8.59. The predicted octanol–water partition coefficient (Wildman–Crippen LogP) is 4.00. The van der Waals surface area contributed by atoms with Gasteiger partial charge in [0.05, 0.1) is 0 Å². The normalized spacial score (nSPS) is 36.0. The molecule has 12 heavy (non-hydrogen) atoms. The zero-order chi connectivity index (χ0) is 8.60. The van der Waals surface area contributed by atoms with Gasteiger partial charge in [-0.05, 0) is 30.1 Å². The minimum Gasteiger partial charge on any atom is -0.0596 e. The quantitative estimate of drug-likeness (QED) is 0.552. The van der Waals surface area contributed by atoms with Crippen molar-refractivity contribution in [1.82, 2.24) is 0 Å². The average molecular weight is 166 g/mol. The van der Waals surface area contributed by atoms with Gasteiger partial charge in [-0.3, -0.25) is 0 Å². The lowest BCUT2D eigenvalue weighted by molar-refractivity contribution is 0.179. The van der Waals surface area contributed by atoms with Gasteiger partial charge in [-0.15, -0.1) is 0 Å². The summed E-state index contributed by atoms with van der Waals surface area (Å²) in [5.74, 6) is 2.17. The Morgan fingerprint density at radius 1 is 0.917 bits per heavy atom. The Kier molecular flexibility index (Phi) is 2.18. The fourth-order valence-electron chi connectivity index (χ4n) is 3.59. The minimum absolute atomic E-state index is 0.676. The molecular formula is C12H22. The molecule has 0 heteroatoms. The Morgan fingerprint density at radius 2 is 1.58 bits per heavy atom. The molecular weight excluding hydrogens is 144 g/mol. The van der Waals surface area contributed by atoms with Gasteiger partial charge in [-0.25, -0.2) is 0 Å².